The number of rotatable bonds is 7. The molecule has 1 atom stereocenters. The van der Waals surface area contributed by atoms with Gasteiger partial charge in [0.25, 0.3) is 0 Å². The highest BCUT2D eigenvalue weighted by atomic mass is 19.1. The van der Waals surface area contributed by atoms with Crippen molar-refractivity contribution in [3.05, 3.63) is 39.7 Å². The van der Waals surface area contributed by atoms with Gasteiger partial charge in [-0.25, -0.2) is 13.6 Å². The molecule has 2 aliphatic rings. The van der Waals surface area contributed by atoms with E-state index in [-0.39, 0.29) is 34.8 Å². The van der Waals surface area contributed by atoms with Crippen LogP contribution in [0.25, 0.3) is 10.9 Å². The van der Waals surface area contributed by atoms with Crippen molar-refractivity contribution in [2.75, 3.05) is 31.1 Å². The second-order valence-corrected chi connectivity index (χ2v) is 8.81. The van der Waals surface area contributed by atoms with E-state index in [1.54, 1.807) is 16.4 Å². The van der Waals surface area contributed by atoms with Crippen molar-refractivity contribution in [3.8, 4) is 0 Å². The molecule has 6 nitrogen and oxygen atoms in total. The number of fused-ring (bicyclic) bond motifs is 1. The fourth-order valence-corrected chi connectivity index (χ4v) is 4.32. The number of benzene rings is 1. The molecule has 0 radical (unpaired) electrons. The molecular formula is C23H29F2N3O3. The number of aromatic nitrogens is 1. The maximum atomic E-state index is 15.8. The standard InChI is InChI=1S/C23H29F2N3O3/c1-4-31-23(30)17-12-28(15-5-6-15)20-16(22(17)29)9-18(24)21(19(20)25)27-8-7-14(11-27)10-26-13(2)3/h9,12-15,26H,4-8,10-11H2,1-3H3. The molecule has 1 unspecified atom stereocenters. The Hall–Kier alpha value is -2.48. The molecule has 1 aliphatic heterocycles. The number of halogens is 2. The Bertz CT molecular complexity index is 1060. The van der Waals surface area contributed by atoms with Gasteiger partial charge < -0.3 is 19.5 Å². The van der Waals surface area contributed by atoms with E-state index in [1.807, 2.05) is 0 Å². The Morgan fingerprint density at radius 3 is 2.68 bits per heavy atom. The van der Waals surface area contributed by atoms with Crippen molar-refractivity contribution < 1.29 is 18.3 Å². The molecule has 2 fully saturated rings. The Kier molecular flexibility index (Phi) is 6.01. The number of ether oxygens (including phenoxy) is 1. The summed E-state index contributed by atoms with van der Waals surface area (Å²) in [6.45, 7) is 7.79. The van der Waals surface area contributed by atoms with Gasteiger partial charge in [0.2, 0.25) is 5.43 Å². The molecule has 4 rings (SSSR count). The van der Waals surface area contributed by atoms with E-state index in [2.05, 4.69) is 19.2 Å². The summed E-state index contributed by atoms with van der Waals surface area (Å²) in [5, 5.41) is 3.26. The number of nitrogens with one attached hydrogen (secondary N) is 1. The van der Waals surface area contributed by atoms with Crippen LogP contribution >= 0.6 is 0 Å². The number of anilines is 1. The minimum absolute atomic E-state index is 0.00865. The highest BCUT2D eigenvalue weighted by Crippen LogP contribution is 2.40. The van der Waals surface area contributed by atoms with Gasteiger partial charge in [0.15, 0.2) is 5.82 Å². The van der Waals surface area contributed by atoms with Crippen LogP contribution in [0.4, 0.5) is 14.5 Å². The van der Waals surface area contributed by atoms with E-state index in [0.29, 0.717) is 25.0 Å². The van der Waals surface area contributed by atoms with E-state index < -0.39 is 23.0 Å². The van der Waals surface area contributed by atoms with Crippen molar-refractivity contribution in [3.63, 3.8) is 0 Å². The molecule has 168 valence electrons. The first-order valence-electron chi connectivity index (χ1n) is 11.0. The van der Waals surface area contributed by atoms with Crippen LogP contribution < -0.4 is 15.6 Å². The summed E-state index contributed by atoms with van der Waals surface area (Å²) in [7, 11) is 0. The number of hydrogen-bond donors (Lipinski definition) is 1. The lowest BCUT2D eigenvalue weighted by Crippen LogP contribution is -2.31. The minimum atomic E-state index is -0.775. The molecule has 2 heterocycles. The average Bonchev–Trinajstić information content (AvgIpc) is 3.46. The van der Waals surface area contributed by atoms with E-state index in [0.717, 1.165) is 31.9 Å². The first-order chi connectivity index (χ1) is 14.8. The first kappa shape index (κ1) is 21.7. The van der Waals surface area contributed by atoms with E-state index in [1.165, 1.54) is 6.20 Å². The van der Waals surface area contributed by atoms with Gasteiger partial charge in [-0.05, 0) is 44.7 Å². The molecule has 31 heavy (non-hydrogen) atoms. The third-order valence-electron chi connectivity index (χ3n) is 6.04. The molecule has 0 amide bonds. The van der Waals surface area contributed by atoms with Crippen molar-refractivity contribution >= 4 is 22.6 Å². The molecule has 0 spiro atoms. The van der Waals surface area contributed by atoms with Crippen LogP contribution in [0.1, 0.15) is 56.4 Å². The summed E-state index contributed by atoms with van der Waals surface area (Å²) in [5.74, 6) is -1.97. The molecule has 1 saturated carbocycles. The van der Waals surface area contributed by atoms with Crippen LogP contribution in [0, 0.1) is 17.6 Å². The Labute approximate surface area is 180 Å². The van der Waals surface area contributed by atoms with E-state index in [9.17, 15) is 9.59 Å². The molecule has 1 saturated heterocycles. The zero-order chi connectivity index (χ0) is 22.3. The van der Waals surface area contributed by atoms with Crippen molar-refractivity contribution in [2.45, 2.75) is 52.1 Å². The average molecular weight is 433 g/mol. The predicted octanol–water partition coefficient (Wildman–Crippen LogP) is 3.62. The molecule has 8 heteroatoms. The Morgan fingerprint density at radius 1 is 1.29 bits per heavy atom. The van der Waals surface area contributed by atoms with E-state index >= 15 is 8.78 Å². The number of carbonyl (C=O) groups is 1. The summed E-state index contributed by atoms with van der Waals surface area (Å²) in [4.78, 5) is 26.9. The number of carbonyl (C=O) groups excluding carboxylic acids is 1. The maximum Gasteiger partial charge on any atom is 0.343 e. The second kappa shape index (κ2) is 8.57. The van der Waals surface area contributed by atoms with Crippen LogP contribution in [0.2, 0.25) is 0 Å². The summed E-state index contributed by atoms with van der Waals surface area (Å²) < 4.78 is 37.5. The van der Waals surface area contributed by atoms with Gasteiger partial charge in [0, 0.05) is 31.4 Å². The zero-order valence-electron chi connectivity index (χ0n) is 18.2. The van der Waals surface area contributed by atoms with Crippen LogP contribution in [-0.4, -0.2) is 42.8 Å². The molecule has 1 aromatic carbocycles. The third kappa shape index (κ3) is 4.18. The molecule has 1 N–H and O–H groups in total. The fraction of sp³-hybridized carbons (Fsp3) is 0.565. The van der Waals surface area contributed by atoms with Gasteiger partial charge in [0.05, 0.1) is 17.5 Å². The molecule has 0 bridgehead atoms. The van der Waals surface area contributed by atoms with E-state index in [4.69, 9.17) is 4.74 Å². The molecule has 1 aliphatic carbocycles. The predicted molar refractivity (Wildman–Crippen MR) is 116 cm³/mol. The monoisotopic (exact) mass is 433 g/mol. The summed E-state index contributed by atoms with van der Waals surface area (Å²) in [6.07, 6.45) is 3.86. The van der Waals surface area contributed by atoms with Gasteiger partial charge in [-0.1, -0.05) is 13.8 Å². The smallest absolute Gasteiger partial charge is 0.343 e. The van der Waals surface area contributed by atoms with Crippen LogP contribution in [-0.2, 0) is 4.74 Å². The van der Waals surface area contributed by atoms with Crippen LogP contribution in [0.15, 0.2) is 17.1 Å². The summed E-state index contributed by atoms with van der Waals surface area (Å²) >= 11 is 0. The van der Waals surface area contributed by atoms with Gasteiger partial charge in [-0.3, -0.25) is 4.79 Å². The van der Waals surface area contributed by atoms with Crippen molar-refractivity contribution in [2.24, 2.45) is 5.92 Å². The largest absolute Gasteiger partial charge is 0.462 e. The van der Waals surface area contributed by atoms with Gasteiger partial charge in [-0.15, -0.1) is 0 Å². The summed E-state index contributed by atoms with van der Waals surface area (Å²) in [6, 6.07) is 1.42. The van der Waals surface area contributed by atoms with Crippen LogP contribution in [0.3, 0.4) is 0 Å². The van der Waals surface area contributed by atoms with Crippen molar-refractivity contribution in [1.82, 2.24) is 9.88 Å². The van der Waals surface area contributed by atoms with Gasteiger partial charge in [0.1, 0.15) is 17.1 Å². The number of esters is 1. The highest BCUT2D eigenvalue weighted by Gasteiger charge is 2.33. The molecular weight excluding hydrogens is 404 g/mol. The zero-order valence-corrected chi connectivity index (χ0v) is 18.2. The highest BCUT2D eigenvalue weighted by molar-refractivity contribution is 5.95. The van der Waals surface area contributed by atoms with Crippen LogP contribution in [0.5, 0.6) is 0 Å². The second-order valence-electron chi connectivity index (χ2n) is 8.81. The Morgan fingerprint density at radius 2 is 2.03 bits per heavy atom. The number of hydrogen-bond acceptors (Lipinski definition) is 5. The SMILES string of the molecule is CCOC(=O)c1cn(C2CC2)c2c(F)c(N3CCC(CNC(C)C)C3)c(F)cc2c1=O. The summed E-state index contributed by atoms with van der Waals surface area (Å²) in [5.41, 5.74) is -0.901. The third-order valence-corrected chi connectivity index (χ3v) is 6.04. The molecule has 1 aromatic heterocycles. The topological polar surface area (TPSA) is 63.6 Å². The normalized spacial score (nSPS) is 18.9. The quantitative estimate of drug-likeness (QED) is 0.676. The Balaban J connectivity index is 1.78. The number of nitrogens with zero attached hydrogens (tertiary/aromatic N) is 2. The van der Waals surface area contributed by atoms with Gasteiger partial charge >= 0.3 is 5.97 Å². The maximum absolute atomic E-state index is 15.8. The first-order valence-corrected chi connectivity index (χ1v) is 11.0. The lowest BCUT2D eigenvalue weighted by molar-refractivity contribution is 0.0524. The lowest BCUT2D eigenvalue weighted by atomic mass is 10.1. The fourth-order valence-electron chi connectivity index (χ4n) is 4.32. The van der Waals surface area contributed by atoms with Gasteiger partial charge in [-0.2, -0.15) is 0 Å². The van der Waals surface area contributed by atoms with Crippen molar-refractivity contribution in [1.29, 1.82) is 0 Å². The molecule has 2 aromatic rings. The minimum Gasteiger partial charge on any atom is -0.462 e. The lowest BCUT2D eigenvalue weighted by Gasteiger charge is -2.23. The number of pyridine rings is 1.